The Morgan fingerprint density at radius 1 is 1.00 bits per heavy atom. The third kappa shape index (κ3) is 3.62. The molecule has 0 aliphatic heterocycles. The molecule has 5 aromatic rings. The van der Waals surface area contributed by atoms with Gasteiger partial charge in [0.25, 0.3) is 0 Å². The van der Waals surface area contributed by atoms with Gasteiger partial charge in [-0.1, -0.05) is 54.6 Å². The maximum Gasteiger partial charge on any atom is 0.344 e. The molecule has 34 heavy (non-hydrogen) atoms. The Morgan fingerprint density at radius 2 is 1.76 bits per heavy atom. The van der Waals surface area contributed by atoms with E-state index >= 15 is 0 Å². The molecular formula is C26H20N4O3S. The summed E-state index contributed by atoms with van der Waals surface area (Å²) in [5.74, 6) is 0.974. The molecule has 8 heteroatoms. The van der Waals surface area contributed by atoms with Crippen molar-refractivity contribution in [3.05, 3.63) is 93.3 Å². The number of aromatic carboxylic acids is 1. The summed E-state index contributed by atoms with van der Waals surface area (Å²) in [4.78, 5) is 32.1. The third-order valence-electron chi connectivity index (χ3n) is 6.20. The number of carboxylic acid groups (broad SMARTS) is 1. The molecule has 0 saturated heterocycles. The number of aromatic amines is 1. The molecule has 0 bridgehead atoms. The Labute approximate surface area is 198 Å². The molecule has 7 nitrogen and oxygen atoms in total. The number of aromatic nitrogens is 4. The lowest BCUT2D eigenvalue weighted by Gasteiger charge is -2.12. The van der Waals surface area contributed by atoms with Gasteiger partial charge in [0, 0.05) is 29.6 Å². The van der Waals surface area contributed by atoms with Gasteiger partial charge in [-0.05, 0) is 41.7 Å². The number of hydrogen-bond donors (Lipinski definition) is 2. The Bertz CT molecular complexity index is 1590. The summed E-state index contributed by atoms with van der Waals surface area (Å²) in [6, 6.07) is 21.3. The number of rotatable bonds is 6. The fraction of sp³-hybridized carbons (Fsp3) is 0.154. The fourth-order valence-corrected chi connectivity index (χ4v) is 4.92. The van der Waals surface area contributed by atoms with Gasteiger partial charge >= 0.3 is 10.8 Å². The first-order chi connectivity index (χ1) is 16.6. The number of para-hydroxylation sites is 1. The molecule has 0 spiro atoms. The Balaban J connectivity index is 1.38. The minimum atomic E-state index is -0.943. The predicted octanol–water partition coefficient (Wildman–Crippen LogP) is 5.14. The van der Waals surface area contributed by atoms with E-state index < -0.39 is 5.97 Å². The maximum absolute atomic E-state index is 11.9. The van der Waals surface area contributed by atoms with E-state index in [4.69, 9.17) is 4.98 Å². The van der Waals surface area contributed by atoms with Gasteiger partial charge in [-0.2, -0.15) is 4.98 Å². The van der Waals surface area contributed by atoms with E-state index in [-0.39, 0.29) is 10.4 Å². The summed E-state index contributed by atoms with van der Waals surface area (Å²) in [7, 11) is 0. The van der Waals surface area contributed by atoms with Gasteiger partial charge in [0.05, 0.1) is 16.6 Å². The summed E-state index contributed by atoms with van der Waals surface area (Å²) in [5.41, 5.74) is 5.61. The van der Waals surface area contributed by atoms with Crippen molar-refractivity contribution in [3.63, 3.8) is 0 Å². The average Bonchev–Trinajstić information content (AvgIpc) is 3.51. The van der Waals surface area contributed by atoms with Crippen molar-refractivity contribution in [1.82, 2.24) is 18.9 Å². The molecule has 6 rings (SSSR count). The van der Waals surface area contributed by atoms with E-state index in [9.17, 15) is 14.7 Å². The highest BCUT2D eigenvalue weighted by atomic mass is 32.1. The molecule has 3 aromatic carbocycles. The quantitative estimate of drug-likeness (QED) is 0.359. The SMILES string of the molecule is O=C(O)c1cccc2nc(C3CC3)n(Cc3ccc(-c4ccccc4-c4nc(=O)s[nH]4)cc3)c12. The highest BCUT2D eigenvalue weighted by molar-refractivity contribution is 7.03. The van der Waals surface area contributed by atoms with Gasteiger partial charge in [-0.25, -0.2) is 9.78 Å². The average molecular weight is 469 g/mol. The summed E-state index contributed by atoms with van der Waals surface area (Å²) < 4.78 is 5.06. The van der Waals surface area contributed by atoms with Gasteiger partial charge in [0.1, 0.15) is 5.82 Å². The number of nitrogens with one attached hydrogen (secondary N) is 1. The van der Waals surface area contributed by atoms with Crippen LogP contribution in [-0.4, -0.2) is 30.0 Å². The minimum Gasteiger partial charge on any atom is -0.478 e. The van der Waals surface area contributed by atoms with Crippen molar-refractivity contribution in [2.75, 3.05) is 0 Å². The van der Waals surface area contributed by atoms with Gasteiger partial charge in [0.15, 0.2) is 5.82 Å². The van der Waals surface area contributed by atoms with Crippen LogP contribution in [0.25, 0.3) is 33.5 Å². The van der Waals surface area contributed by atoms with E-state index in [1.54, 1.807) is 12.1 Å². The van der Waals surface area contributed by atoms with Crippen LogP contribution in [0.4, 0.5) is 0 Å². The lowest BCUT2D eigenvalue weighted by molar-refractivity contribution is 0.0698. The molecule has 1 aliphatic rings. The van der Waals surface area contributed by atoms with Crippen LogP contribution < -0.4 is 4.87 Å². The number of nitrogens with zero attached hydrogens (tertiary/aromatic N) is 3. The zero-order valence-electron chi connectivity index (χ0n) is 18.1. The number of carbonyl (C=O) groups is 1. The van der Waals surface area contributed by atoms with Crippen LogP contribution in [-0.2, 0) is 6.54 Å². The molecule has 0 amide bonds. The summed E-state index contributed by atoms with van der Waals surface area (Å²) in [6.07, 6.45) is 2.17. The van der Waals surface area contributed by atoms with Crippen LogP contribution in [0.2, 0.25) is 0 Å². The van der Waals surface area contributed by atoms with Crippen LogP contribution in [0.3, 0.4) is 0 Å². The lowest BCUT2D eigenvalue weighted by Crippen LogP contribution is -2.07. The first-order valence-electron chi connectivity index (χ1n) is 11.0. The minimum absolute atomic E-state index is 0.250. The summed E-state index contributed by atoms with van der Waals surface area (Å²) >= 11 is 0.978. The van der Waals surface area contributed by atoms with E-state index in [0.29, 0.717) is 23.8 Å². The molecule has 1 fully saturated rings. The lowest BCUT2D eigenvalue weighted by atomic mass is 9.98. The van der Waals surface area contributed by atoms with Crippen LogP contribution in [0.1, 0.15) is 40.5 Å². The van der Waals surface area contributed by atoms with E-state index in [1.807, 2.05) is 42.5 Å². The van der Waals surface area contributed by atoms with Gasteiger partial charge in [0.2, 0.25) is 0 Å². The largest absolute Gasteiger partial charge is 0.478 e. The topological polar surface area (TPSA) is 101 Å². The molecule has 2 N–H and O–H groups in total. The van der Waals surface area contributed by atoms with Crippen molar-refractivity contribution < 1.29 is 9.90 Å². The number of fused-ring (bicyclic) bond motifs is 1. The highest BCUT2D eigenvalue weighted by Crippen LogP contribution is 2.41. The molecular weight excluding hydrogens is 448 g/mol. The molecule has 2 heterocycles. The standard InChI is InChI=1S/C26H20N4O3S/c31-25(32)20-6-3-7-21-22(20)30(24(27-21)17-12-13-17)14-15-8-10-16(11-9-15)18-4-1-2-5-19(18)23-28-26(33)34-29-23/h1-11,17H,12-14H2,(H,31,32)(H,28,29,33). The monoisotopic (exact) mass is 468 g/mol. The number of benzene rings is 3. The Kier molecular flexibility index (Phi) is 4.88. The highest BCUT2D eigenvalue weighted by Gasteiger charge is 2.30. The molecule has 168 valence electrons. The molecule has 0 unspecified atom stereocenters. The van der Waals surface area contributed by atoms with Crippen LogP contribution in [0.15, 0.2) is 71.5 Å². The first kappa shape index (κ1) is 20.6. The van der Waals surface area contributed by atoms with Crippen molar-refractivity contribution in [2.45, 2.75) is 25.3 Å². The third-order valence-corrected chi connectivity index (χ3v) is 6.76. The van der Waals surface area contributed by atoms with E-state index in [0.717, 1.165) is 58.0 Å². The second kappa shape index (κ2) is 8.07. The smallest absolute Gasteiger partial charge is 0.344 e. The van der Waals surface area contributed by atoms with Crippen LogP contribution in [0, 0.1) is 0 Å². The van der Waals surface area contributed by atoms with Crippen LogP contribution in [0.5, 0.6) is 0 Å². The zero-order chi connectivity index (χ0) is 23.2. The maximum atomic E-state index is 11.9. The van der Waals surface area contributed by atoms with Crippen molar-refractivity contribution >= 4 is 28.5 Å². The second-order valence-corrected chi connectivity index (χ2v) is 9.24. The van der Waals surface area contributed by atoms with E-state index in [2.05, 4.69) is 26.1 Å². The number of carboxylic acids is 1. The fourth-order valence-electron chi connectivity index (χ4n) is 4.45. The predicted molar refractivity (Wildman–Crippen MR) is 131 cm³/mol. The second-order valence-electron chi connectivity index (χ2n) is 8.48. The summed E-state index contributed by atoms with van der Waals surface area (Å²) in [5, 5.41) is 9.75. The molecule has 1 saturated carbocycles. The molecule has 0 radical (unpaired) electrons. The Morgan fingerprint density at radius 3 is 2.44 bits per heavy atom. The normalized spacial score (nSPS) is 13.4. The van der Waals surface area contributed by atoms with Crippen molar-refractivity contribution in [1.29, 1.82) is 0 Å². The summed E-state index contributed by atoms with van der Waals surface area (Å²) in [6.45, 7) is 0.550. The molecule has 1 aliphatic carbocycles. The number of H-pyrrole nitrogens is 1. The van der Waals surface area contributed by atoms with E-state index in [1.165, 1.54) is 0 Å². The molecule has 0 atom stereocenters. The first-order valence-corrected chi connectivity index (χ1v) is 11.9. The van der Waals surface area contributed by atoms with Gasteiger partial charge < -0.3 is 9.67 Å². The van der Waals surface area contributed by atoms with Crippen molar-refractivity contribution in [2.24, 2.45) is 0 Å². The van der Waals surface area contributed by atoms with Crippen molar-refractivity contribution in [3.8, 4) is 22.5 Å². The van der Waals surface area contributed by atoms with Crippen LogP contribution >= 0.6 is 11.5 Å². The molecule has 2 aromatic heterocycles. The zero-order valence-corrected chi connectivity index (χ0v) is 18.9. The number of imidazole rings is 1. The van der Waals surface area contributed by atoms with Gasteiger partial charge in [-0.3, -0.25) is 9.17 Å². The van der Waals surface area contributed by atoms with Gasteiger partial charge in [-0.15, -0.1) is 0 Å². The number of hydrogen-bond acceptors (Lipinski definition) is 5. The Hall–Kier alpha value is -4.04.